The number of hydrogen-bond acceptors (Lipinski definition) is 1. The smallest absolute Gasteiger partial charge is 0.351 e. The molecule has 0 unspecified atom stereocenters. The number of hydrogen-bond donors (Lipinski definition) is 1. The van der Waals surface area contributed by atoms with Crippen LogP contribution in [0.4, 0.5) is 25.2 Å². The molecule has 0 amide bonds. The first kappa shape index (κ1) is 20.5. The fraction of sp³-hybridized carbons (Fsp3) is 0. The van der Waals surface area contributed by atoms with E-state index in [1.807, 2.05) is 0 Å². The fourth-order valence-electron chi connectivity index (χ4n) is 0.215. The molecule has 0 aliphatic heterocycles. The van der Waals surface area contributed by atoms with Gasteiger partial charge in [0.15, 0.2) is 0 Å². The van der Waals surface area contributed by atoms with Crippen molar-refractivity contribution in [3.63, 3.8) is 0 Å². The van der Waals surface area contributed by atoms with Gasteiger partial charge in [-0.05, 0) is 0 Å². The van der Waals surface area contributed by atoms with Gasteiger partial charge in [-0.3, -0.25) is 0 Å². The molecule has 0 spiro atoms. The number of nitrogens with zero attached hydrogens (tertiary/aromatic N) is 1. The van der Waals surface area contributed by atoms with Gasteiger partial charge in [0.25, 0.3) is 0 Å². The molecule has 1 aromatic rings. The molecule has 1 rings (SSSR count). The molecule has 2 nitrogen and oxygen atoms in total. The molecule has 82 valence electrons. The van der Waals surface area contributed by atoms with E-state index < -0.39 is 7.81 Å². The van der Waals surface area contributed by atoms with Crippen molar-refractivity contribution < 1.29 is 76.6 Å². The first-order valence-electron chi connectivity index (χ1n) is 2.44. The zero-order valence-corrected chi connectivity index (χ0v) is 11.6. The van der Waals surface area contributed by atoms with Crippen molar-refractivity contribution in [3.05, 3.63) is 18.7 Å². The number of rotatable bonds is 0. The van der Waals surface area contributed by atoms with Gasteiger partial charge < -0.3 is 4.98 Å². The Morgan fingerprint density at radius 2 is 1.36 bits per heavy atom. The molecule has 11 heteroatoms. The van der Waals surface area contributed by atoms with Crippen LogP contribution in [0, 0.1) is 0 Å². The van der Waals surface area contributed by atoms with Gasteiger partial charge in [-0.2, -0.15) is 0 Å². The van der Waals surface area contributed by atoms with Crippen LogP contribution in [0.25, 0.3) is 0 Å². The zero-order valence-electron chi connectivity index (χ0n) is 6.80. The predicted molar refractivity (Wildman–Crippen MR) is 39.4 cm³/mol. The summed E-state index contributed by atoms with van der Waals surface area (Å²) < 4.78 is 59.2. The minimum atomic E-state index is -10.7. The van der Waals surface area contributed by atoms with E-state index in [0.717, 1.165) is 0 Å². The average molecular weight is 289 g/mol. The molecule has 1 aromatic heterocycles. The van der Waals surface area contributed by atoms with E-state index in [1.54, 1.807) is 18.7 Å². The third-order valence-corrected chi connectivity index (χ3v) is 0.406. The number of nitrogens with one attached hydrogen (secondary N) is 1. The summed E-state index contributed by atoms with van der Waals surface area (Å²) in [5.74, 6) is 0. The molecule has 1 N–H and O–H groups in total. The number of imidazole rings is 1. The van der Waals surface area contributed by atoms with E-state index in [2.05, 4.69) is 9.97 Å². The topological polar surface area (TPSA) is 28.7 Å². The van der Waals surface area contributed by atoms with E-state index in [1.165, 1.54) is 0 Å². The molecule has 0 aliphatic carbocycles. The van der Waals surface area contributed by atoms with Crippen LogP contribution in [0.1, 0.15) is 0 Å². The monoisotopic (exact) mass is 288 g/mol. The van der Waals surface area contributed by atoms with Gasteiger partial charge in [-0.1, -0.05) is 0 Å². The molecular weight excluding hydrogens is 284 g/mol. The maximum Gasteiger partial charge on any atom is 1.00 e. The Labute approximate surface area is 124 Å². The third kappa shape index (κ3) is 51.3. The first-order chi connectivity index (χ1) is 4.95. The zero-order chi connectivity index (χ0) is 9.94. The molecule has 0 radical (unpaired) electrons. The Morgan fingerprint density at radius 1 is 1.00 bits per heavy atom. The van der Waals surface area contributed by atoms with E-state index in [4.69, 9.17) is 0 Å². The molecule has 0 atom stereocenters. The van der Waals surface area contributed by atoms with Crippen LogP contribution in [-0.4, -0.2) is 9.97 Å². The predicted octanol–water partition coefficient (Wildman–Crippen LogP) is 1.22. The van der Waals surface area contributed by atoms with Crippen molar-refractivity contribution in [3.8, 4) is 0 Å². The molecule has 0 aliphatic rings. The molecule has 0 fully saturated rings. The van der Waals surface area contributed by atoms with E-state index in [9.17, 15) is 25.2 Å². The van der Waals surface area contributed by atoms with Crippen molar-refractivity contribution in [1.29, 1.82) is 0 Å². The summed E-state index contributed by atoms with van der Waals surface area (Å²) >= 11 is 0. The SMILES string of the molecule is Cl.F[P-](F)(F)(F)(F)F.[K+].c1c[nH]cn1. The van der Waals surface area contributed by atoms with Gasteiger partial charge in [-0.25, -0.2) is 4.98 Å². The second-order valence-corrected chi connectivity index (χ2v) is 3.64. The molecule has 0 bridgehead atoms. The summed E-state index contributed by atoms with van der Waals surface area (Å²) in [7, 11) is -10.7. The molecular formula is C3H5ClF6KN2P. The van der Waals surface area contributed by atoms with Crippen LogP contribution < -0.4 is 51.4 Å². The van der Waals surface area contributed by atoms with Crippen molar-refractivity contribution in [2.24, 2.45) is 0 Å². The standard InChI is InChI=1S/C3H4N2.ClH.F6P.K/c1-2-5-3-4-1;;1-7(2,3,4,5)6;/h1-3H,(H,4,5);1H;;/q;;-1;+1. The third-order valence-electron chi connectivity index (χ3n) is 0.406. The van der Waals surface area contributed by atoms with Gasteiger partial charge in [0.2, 0.25) is 0 Å². The van der Waals surface area contributed by atoms with Crippen LogP contribution in [0.3, 0.4) is 0 Å². The van der Waals surface area contributed by atoms with Gasteiger partial charge >= 0.3 is 84.4 Å². The Balaban J connectivity index is -0.000000155. The Morgan fingerprint density at radius 3 is 1.43 bits per heavy atom. The van der Waals surface area contributed by atoms with Crippen molar-refractivity contribution in [2.45, 2.75) is 0 Å². The molecule has 0 aromatic carbocycles. The van der Waals surface area contributed by atoms with Crippen LogP contribution >= 0.6 is 20.2 Å². The summed E-state index contributed by atoms with van der Waals surface area (Å²) in [5, 5.41) is 0. The maximum atomic E-state index is 9.87. The Hall–Kier alpha value is 1.15. The quantitative estimate of drug-likeness (QED) is 0.434. The summed E-state index contributed by atoms with van der Waals surface area (Å²) in [6.45, 7) is 0. The molecule has 0 saturated carbocycles. The van der Waals surface area contributed by atoms with Crippen LogP contribution in [0.2, 0.25) is 0 Å². The van der Waals surface area contributed by atoms with Crippen molar-refractivity contribution >= 4 is 20.2 Å². The molecule has 14 heavy (non-hydrogen) atoms. The van der Waals surface area contributed by atoms with Gasteiger partial charge in [0, 0.05) is 12.4 Å². The number of halogens is 7. The van der Waals surface area contributed by atoms with Crippen molar-refractivity contribution in [1.82, 2.24) is 9.97 Å². The summed E-state index contributed by atoms with van der Waals surface area (Å²) in [4.78, 5) is 6.42. The van der Waals surface area contributed by atoms with Crippen molar-refractivity contribution in [2.75, 3.05) is 0 Å². The van der Waals surface area contributed by atoms with Gasteiger partial charge in [0.05, 0.1) is 6.33 Å². The number of aromatic amines is 1. The summed E-state index contributed by atoms with van der Waals surface area (Å²) in [6, 6.07) is 0. The maximum absolute atomic E-state index is 10.7. The van der Waals surface area contributed by atoms with Crippen LogP contribution in [-0.2, 0) is 0 Å². The summed E-state index contributed by atoms with van der Waals surface area (Å²) in [6.07, 6.45) is 5.08. The summed E-state index contributed by atoms with van der Waals surface area (Å²) in [5.41, 5.74) is 0. The molecule has 0 saturated heterocycles. The number of H-pyrrole nitrogens is 1. The fourth-order valence-corrected chi connectivity index (χ4v) is 0.215. The van der Waals surface area contributed by atoms with Gasteiger partial charge in [-0.15, -0.1) is 12.4 Å². The Kier molecular flexibility index (Phi) is 8.02. The van der Waals surface area contributed by atoms with Gasteiger partial charge in [0.1, 0.15) is 0 Å². The van der Waals surface area contributed by atoms with Crippen LogP contribution in [0.15, 0.2) is 18.7 Å². The van der Waals surface area contributed by atoms with E-state index in [0.29, 0.717) is 0 Å². The van der Waals surface area contributed by atoms with E-state index in [-0.39, 0.29) is 63.8 Å². The second-order valence-electron chi connectivity index (χ2n) is 1.72. The average Bonchev–Trinajstić information content (AvgIpc) is 2.00. The number of aromatic nitrogens is 2. The Bertz CT molecular complexity index is 202. The van der Waals surface area contributed by atoms with Crippen LogP contribution in [0.5, 0.6) is 0 Å². The minimum Gasteiger partial charge on any atom is -0.351 e. The normalized spacial score (nSPS) is 14.4. The molecule has 1 heterocycles. The largest absolute Gasteiger partial charge is 1.00 e. The second kappa shape index (κ2) is 5.47. The minimum absolute atomic E-state index is 0. The van der Waals surface area contributed by atoms with E-state index >= 15 is 0 Å². The first-order valence-corrected chi connectivity index (χ1v) is 4.47.